The van der Waals surface area contributed by atoms with Crippen molar-refractivity contribution < 1.29 is 13.2 Å². The molecule has 0 atom stereocenters. The van der Waals surface area contributed by atoms with Crippen LogP contribution in [0, 0.1) is 0 Å². The van der Waals surface area contributed by atoms with Gasteiger partial charge in [-0.1, -0.05) is 18.6 Å². The highest BCUT2D eigenvalue weighted by Crippen LogP contribution is 2.25. The molecule has 33 heavy (non-hydrogen) atoms. The average Bonchev–Trinajstić information content (AvgIpc) is 3.41. The number of nitrogens with one attached hydrogen (secondary N) is 1. The van der Waals surface area contributed by atoms with E-state index in [2.05, 4.69) is 9.88 Å². The Kier molecular flexibility index (Phi) is 6.21. The first kappa shape index (κ1) is 22.1. The van der Waals surface area contributed by atoms with Gasteiger partial charge in [-0.25, -0.2) is 13.4 Å². The summed E-state index contributed by atoms with van der Waals surface area (Å²) in [6, 6.07) is 12.9. The maximum Gasteiger partial charge on any atom is 0.243 e. The molecule has 2 aliphatic rings. The molecule has 5 rings (SSSR count). The van der Waals surface area contributed by atoms with Crippen molar-refractivity contribution in [3.05, 3.63) is 53.9 Å². The first-order valence-corrected chi connectivity index (χ1v) is 13.3. The zero-order chi connectivity index (χ0) is 22.8. The third kappa shape index (κ3) is 4.68. The molecular formula is C25H30N4O3S. The van der Waals surface area contributed by atoms with Crippen LogP contribution in [0.15, 0.2) is 47.4 Å². The van der Waals surface area contributed by atoms with E-state index >= 15 is 0 Å². The highest BCUT2D eigenvalue weighted by atomic mass is 32.2. The van der Waals surface area contributed by atoms with Crippen molar-refractivity contribution in [3.63, 3.8) is 0 Å². The van der Waals surface area contributed by atoms with Crippen molar-refractivity contribution in [3.8, 4) is 0 Å². The molecule has 7 nitrogen and oxygen atoms in total. The number of rotatable bonds is 6. The molecule has 1 aromatic heterocycles. The summed E-state index contributed by atoms with van der Waals surface area (Å²) in [5.74, 6) is 1.07. The summed E-state index contributed by atoms with van der Waals surface area (Å²) in [4.78, 5) is 17.6. The number of aryl methyl sites for hydroxylation is 3. The first-order valence-electron chi connectivity index (χ1n) is 11.9. The van der Waals surface area contributed by atoms with Gasteiger partial charge in [0.25, 0.3) is 0 Å². The number of amides is 1. The number of sulfonamides is 1. The number of anilines is 1. The van der Waals surface area contributed by atoms with Crippen LogP contribution >= 0.6 is 0 Å². The van der Waals surface area contributed by atoms with Gasteiger partial charge in [0.1, 0.15) is 5.82 Å². The predicted octanol–water partition coefficient (Wildman–Crippen LogP) is 4.12. The van der Waals surface area contributed by atoms with Crippen LogP contribution in [-0.4, -0.2) is 41.3 Å². The molecule has 0 spiro atoms. The van der Waals surface area contributed by atoms with Gasteiger partial charge >= 0.3 is 0 Å². The molecule has 174 valence electrons. The third-order valence-electron chi connectivity index (χ3n) is 6.66. The second-order valence-corrected chi connectivity index (χ2v) is 10.9. The number of aromatic nitrogens is 2. The topological polar surface area (TPSA) is 84.3 Å². The summed E-state index contributed by atoms with van der Waals surface area (Å²) in [6.45, 7) is 2.20. The molecule has 1 N–H and O–H groups in total. The lowest BCUT2D eigenvalue weighted by molar-refractivity contribution is -0.116. The molecule has 0 bridgehead atoms. The molecule has 1 saturated heterocycles. The summed E-state index contributed by atoms with van der Waals surface area (Å²) in [5, 5.41) is 2.98. The van der Waals surface area contributed by atoms with Gasteiger partial charge in [-0.15, -0.1) is 0 Å². The van der Waals surface area contributed by atoms with Crippen LogP contribution in [0.25, 0.3) is 11.0 Å². The second kappa shape index (κ2) is 9.27. The Morgan fingerprint density at radius 2 is 1.70 bits per heavy atom. The zero-order valence-corrected chi connectivity index (χ0v) is 19.6. The second-order valence-electron chi connectivity index (χ2n) is 9.00. The molecule has 0 radical (unpaired) electrons. The van der Waals surface area contributed by atoms with E-state index < -0.39 is 10.0 Å². The molecule has 1 fully saturated rings. The number of carbonyl (C=O) groups excluding carboxylic acids is 1. The number of hydrogen-bond donors (Lipinski definition) is 1. The van der Waals surface area contributed by atoms with E-state index in [9.17, 15) is 13.2 Å². The largest absolute Gasteiger partial charge is 0.328 e. The molecule has 2 aromatic carbocycles. The van der Waals surface area contributed by atoms with E-state index in [1.54, 1.807) is 28.6 Å². The molecule has 3 heterocycles. The summed E-state index contributed by atoms with van der Waals surface area (Å²) in [5.41, 5.74) is 3.76. The smallest absolute Gasteiger partial charge is 0.243 e. The normalized spacial score (nSPS) is 17.1. The first-order chi connectivity index (χ1) is 16.0. The minimum absolute atomic E-state index is 0.0658. The minimum atomic E-state index is -3.40. The fourth-order valence-electron chi connectivity index (χ4n) is 4.81. The maximum atomic E-state index is 12.6. The summed E-state index contributed by atoms with van der Waals surface area (Å²) in [6.07, 6.45) is 7.34. The Morgan fingerprint density at radius 3 is 2.48 bits per heavy atom. The zero-order valence-electron chi connectivity index (χ0n) is 18.8. The minimum Gasteiger partial charge on any atom is -0.328 e. The molecule has 1 amide bonds. The summed E-state index contributed by atoms with van der Waals surface area (Å²) in [7, 11) is -3.40. The van der Waals surface area contributed by atoms with E-state index in [-0.39, 0.29) is 5.91 Å². The van der Waals surface area contributed by atoms with Gasteiger partial charge < -0.3 is 9.88 Å². The van der Waals surface area contributed by atoms with E-state index in [1.807, 2.05) is 18.2 Å². The van der Waals surface area contributed by atoms with Gasteiger partial charge in [0.05, 0.1) is 15.9 Å². The van der Waals surface area contributed by atoms with Crippen LogP contribution in [-0.2, 0) is 34.2 Å². The quantitative estimate of drug-likeness (QED) is 0.592. The van der Waals surface area contributed by atoms with E-state index in [0.29, 0.717) is 30.8 Å². The number of nitrogens with zero attached hydrogens (tertiary/aromatic N) is 3. The Hall–Kier alpha value is -2.71. The van der Waals surface area contributed by atoms with Gasteiger partial charge in [-0.3, -0.25) is 4.79 Å². The molecule has 0 unspecified atom stereocenters. The Bertz CT molecular complexity index is 1260. The van der Waals surface area contributed by atoms with Crippen molar-refractivity contribution in [2.75, 3.05) is 18.4 Å². The molecular weight excluding hydrogens is 436 g/mol. The Balaban J connectivity index is 1.19. The van der Waals surface area contributed by atoms with Crippen molar-refractivity contribution in [2.24, 2.45) is 0 Å². The van der Waals surface area contributed by atoms with Crippen LogP contribution in [0.2, 0.25) is 0 Å². The fraction of sp³-hybridized carbons (Fsp3) is 0.440. The number of fused-ring (bicyclic) bond motifs is 3. The molecule has 2 aliphatic heterocycles. The Morgan fingerprint density at radius 1 is 0.939 bits per heavy atom. The average molecular weight is 467 g/mol. The van der Waals surface area contributed by atoms with E-state index in [1.165, 1.54) is 19.3 Å². The lowest BCUT2D eigenvalue weighted by Crippen LogP contribution is -2.27. The predicted molar refractivity (Wildman–Crippen MR) is 129 cm³/mol. The molecule has 0 aliphatic carbocycles. The van der Waals surface area contributed by atoms with Crippen molar-refractivity contribution in [2.45, 2.75) is 62.8 Å². The number of benzene rings is 2. The van der Waals surface area contributed by atoms with Crippen LogP contribution in [0.4, 0.5) is 5.69 Å². The molecule has 0 saturated carbocycles. The lowest BCUT2D eigenvalue weighted by atomic mass is 10.1. The monoisotopic (exact) mass is 466 g/mol. The maximum absolute atomic E-state index is 12.6. The van der Waals surface area contributed by atoms with E-state index in [4.69, 9.17) is 4.98 Å². The highest BCUT2D eigenvalue weighted by molar-refractivity contribution is 7.89. The number of imidazole rings is 1. The number of carbonyl (C=O) groups is 1. The van der Waals surface area contributed by atoms with Crippen molar-refractivity contribution in [1.29, 1.82) is 0 Å². The summed E-state index contributed by atoms with van der Waals surface area (Å²) >= 11 is 0. The van der Waals surface area contributed by atoms with Gasteiger partial charge in [-0.05, 0) is 68.0 Å². The van der Waals surface area contributed by atoms with Crippen molar-refractivity contribution >= 4 is 32.7 Å². The van der Waals surface area contributed by atoms with Gasteiger partial charge in [0, 0.05) is 38.2 Å². The van der Waals surface area contributed by atoms with Crippen LogP contribution in [0.1, 0.15) is 49.9 Å². The van der Waals surface area contributed by atoms with Gasteiger partial charge in [-0.2, -0.15) is 4.31 Å². The van der Waals surface area contributed by atoms with Crippen LogP contribution in [0.5, 0.6) is 0 Å². The number of hydrogen-bond acceptors (Lipinski definition) is 4. The van der Waals surface area contributed by atoms with Crippen molar-refractivity contribution in [1.82, 2.24) is 13.9 Å². The lowest BCUT2D eigenvalue weighted by Gasteiger charge is -2.15. The van der Waals surface area contributed by atoms with Gasteiger partial charge in [0.15, 0.2) is 0 Å². The summed E-state index contributed by atoms with van der Waals surface area (Å²) < 4.78 is 29.1. The van der Waals surface area contributed by atoms with Gasteiger partial charge in [0.2, 0.25) is 15.9 Å². The van der Waals surface area contributed by atoms with E-state index in [0.717, 1.165) is 53.9 Å². The SMILES string of the molecule is O=C(CCc1ccc(S(=O)(=O)N2CCCC2)cc1)Nc1ccc2c(c1)nc1n2CCCCC1. The standard InChI is InChI=1S/C25H30N4O3S/c30-25(14-9-19-7-11-21(12-8-19)33(31,32)28-15-4-5-16-28)26-20-10-13-23-22(18-20)27-24-6-2-1-3-17-29(23)24/h7-8,10-13,18H,1-6,9,14-17H2,(H,26,30). The van der Waals surface area contributed by atoms with Crippen LogP contribution < -0.4 is 5.32 Å². The van der Waals surface area contributed by atoms with Crippen LogP contribution in [0.3, 0.4) is 0 Å². The molecule has 3 aromatic rings. The highest BCUT2D eigenvalue weighted by Gasteiger charge is 2.26. The Labute approximate surface area is 194 Å². The third-order valence-corrected chi connectivity index (χ3v) is 8.57. The fourth-order valence-corrected chi connectivity index (χ4v) is 6.33. The molecule has 8 heteroatoms.